The Morgan fingerprint density at radius 1 is 1.00 bits per heavy atom. The van der Waals surface area contributed by atoms with E-state index in [9.17, 15) is 4.79 Å². The molecule has 1 amide bonds. The molecule has 0 unspecified atom stereocenters. The van der Waals surface area contributed by atoms with Crippen molar-refractivity contribution in [3.63, 3.8) is 0 Å². The minimum absolute atomic E-state index is 0.173. The summed E-state index contributed by atoms with van der Waals surface area (Å²) in [5, 5.41) is 0. The molecule has 0 fully saturated rings. The predicted molar refractivity (Wildman–Crippen MR) is 76.2 cm³/mol. The van der Waals surface area contributed by atoms with Crippen LogP contribution in [0.25, 0.3) is 0 Å². The molecule has 2 aromatic rings. The molecule has 19 heavy (non-hydrogen) atoms. The number of amides is 1. The summed E-state index contributed by atoms with van der Waals surface area (Å²) in [6, 6.07) is 19.4. The second-order valence-electron chi connectivity index (χ2n) is 4.26. The first-order valence-electron chi connectivity index (χ1n) is 6.12. The summed E-state index contributed by atoms with van der Waals surface area (Å²) in [7, 11) is 1.76. The summed E-state index contributed by atoms with van der Waals surface area (Å²) < 4.78 is 0. The van der Waals surface area contributed by atoms with Crippen LogP contribution in [-0.2, 0) is 11.3 Å². The van der Waals surface area contributed by atoms with E-state index >= 15 is 0 Å². The van der Waals surface area contributed by atoms with Crippen LogP contribution in [0.4, 0.5) is 0 Å². The van der Waals surface area contributed by atoms with Crippen molar-refractivity contribution in [2.75, 3.05) is 7.05 Å². The van der Waals surface area contributed by atoms with Gasteiger partial charge >= 0.3 is 0 Å². The minimum atomic E-state index is -0.173. The number of hydrogen-bond donors (Lipinski definition) is 0. The third-order valence-corrected chi connectivity index (χ3v) is 2.70. The maximum absolute atomic E-state index is 11.9. The molecule has 0 saturated heterocycles. The second kappa shape index (κ2) is 6.42. The molecule has 2 aromatic carbocycles. The molecular weight excluding hydrogens is 234 g/mol. The van der Waals surface area contributed by atoms with E-state index in [4.69, 9.17) is 0 Å². The molecule has 94 valence electrons. The van der Waals surface area contributed by atoms with Gasteiger partial charge in [-0.2, -0.15) is 0 Å². The number of rotatable bonds is 2. The van der Waals surface area contributed by atoms with Crippen LogP contribution >= 0.6 is 0 Å². The predicted octanol–water partition coefficient (Wildman–Crippen LogP) is 2.70. The van der Waals surface area contributed by atoms with Gasteiger partial charge in [-0.1, -0.05) is 54.5 Å². The molecule has 0 atom stereocenters. The molecule has 0 radical (unpaired) electrons. The molecular formula is C17H15NO. The van der Waals surface area contributed by atoms with Gasteiger partial charge in [0.2, 0.25) is 0 Å². The Labute approximate surface area is 113 Å². The average Bonchev–Trinajstić information content (AvgIpc) is 2.47. The maximum Gasteiger partial charge on any atom is 0.298 e. The molecule has 0 saturated carbocycles. The summed E-state index contributed by atoms with van der Waals surface area (Å²) >= 11 is 0. The molecule has 0 bridgehead atoms. The van der Waals surface area contributed by atoms with Crippen LogP contribution in [0.1, 0.15) is 11.1 Å². The van der Waals surface area contributed by atoms with Gasteiger partial charge in [-0.05, 0) is 17.7 Å². The summed E-state index contributed by atoms with van der Waals surface area (Å²) in [6.45, 7) is 0.573. The highest BCUT2D eigenvalue weighted by molar-refractivity contribution is 5.93. The van der Waals surface area contributed by atoms with Crippen molar-refractivity contribution < 1.29 is 4.79 Å². The summed E-state index contributed by atoms with van der Waals surface area (Å²) in [5.41, 5.74) is 1.95. The molecule has 0 spiro atoms. The van der Waals surface area contributed by atoms with Crippen molar-refractivity contribution in [2.24, 2.45) is 0 Å². The zero-order chi connectivity index (χ0) is 13.5. The Morgan fingerprint density at radius 2 is 1.58 bits per heavy atom. The number of carbonyl (C=O) groups excluding carboxylic acids is 1. The van der Waals surface area contributed by atoms with Gasteiger partial charge in [-0.25, -0.2) is 0 Å². The lowest BCUT2D eigenvalue weighted by molar-refractivity contribution is -0.124. The quantitative estimate of drug-likeness (QED) is 0.749. The summed E-state index contributed by atoms with van der Waals surface area (Å²) in [5.74, 6) is 5.35. The third-order valence-electron chi connectivity index (χ3n) is 2.70. The smallest absolute Gasteiger partial charge is 0.298 e. The molecule has 2 heteroatoms. The van der Waals surface area contributed by atoms with E-state index in [1.54, 1.807) is 11.9 Å². The SMILES string of the molecule is CN(Cc1ccccc1)C(=O)C#Cc1ccccc1. The fraction of sp³-hybridized carbons (Fsp3) is 0.118. The molecule has 0 aromatic heterocycles. The van der Waals surface area contributed by atoms with Crippen LogP contribution in [0.3, 0.4) is 0 Å². The topological polar surface area (TPSA) is 20.3 Å². The monoisotopic (exact) mass is 249 g/mol. The molecule has 2 nitrogen and oxygen atoms in total. The Bertz CT molecular complexity index is 593. The number of benzene rings is 2. The van der Waals surface area contributed by atoms with Crippen molar-refractivity contribution in [2.45, 2.75) is 6.54 Å². The lowest BCUT2D eigenvalue weighted by Crippen LogP contribution is -2.24. The van der Waals surface area contributed by atoms with Gasteiger partial charge in [0, 0.05) is 25.1 Å². The van der Waals surface area contributed by atoms with Gasteiger partial charge in [0.15, 0.2) is 0 Å². The fourth-order valence-corrected chi connectivity index (χ4v) is 1.67. The second-order valence-corrected chi connectivity index (χ2v) is 4.26. The molecule has 0 N–H and O–H groups in total. The van der Waals surface area contributed by atoms with Gasteiger partial charge < -0.3 is 4.90 Å². The largest absolute Gasteiger partial charge is 0.331 e. The first-order chi connectivity index (χ1) is 9.25. The Kier molecular flexibility index (Phi) is 4.36. The molecule has 0 aliphatic carbocycles. The third kappa shape index (κ3) is 4.01. The minimum Gasteiger partial charge on any atom is -0.331 e. The molecule has 0 aliphatic heterocycles. The molecule has 2 rings (SSSR count). The van der Waals surface area contributed by atoms with Crippen LogP contribution in [0.15, 0.2) is 60.7 Å². The highest BCUT2D eigenvalue weighted by Gasteiger charge is 2.05. The van der Waals surface area contributed by atoms with Crippen LogP contribution in [0, 0.1) is 11.8 Å². The number of hydrogen-bond acceptors (Lipinski definition) is 1. The van der Waals surface area contributed by atoms with Crippen LogP contribution < -0.4 is 0 Å². The van der Waals surface area contributed by atoms with Gasteiger partial charge in [0.25, 0.3) is 5.91 Å². The van der Waals surface area contributed by atoms with Crippen LogP contribution in [-0.4, -0.2) is 17.9 Å². The van der Waals surface area contributed by atoms with Crippen molar-refractivity contribution >= 4 is 5.91 Å². The van der Waals surface area contributed by atoms with Crippen molar-refractivity contribution in [3.05, 3.63) is 71.8 Å². The normalized spacial score (nSPS) is 9.32. The molecule has 0 heterocycles. The van der Waals surface area contributed by atoms with Crippen molar-refractivity contribution in [3.8, 4) is 11.8 Å². The van der Waals surface area contributed by atoms with Crippen molar-refractivity contribution in [1.29, 1.82) is 0 Å². The summed E-state index contributed by atoms with van der Waals surface area (Å²) in [4.78, 5) is 13.5. The van der Waals surface area contributed by atoms with Gasteiger partial charge in [-0.15, -0.1) is 0 Å². The van der Waals surface area contributed by atoms with Crippen LogP contribution in [0.5, 0.6) is 0 Å². The van der Waals surface area contributed by atoms with E-state index in [-0.39, 0.29) is 5.91 Å². The zero-order valence-electron chi connectivity index (χ0n) is 10.8. The van der Waals surface area contributed by atoms with Crippen molar-refractivity contribution in [1.82, 2.24) is 4.90 Å². The Hall–Kier alpha value is -2.53. The lowest BCUT2D eigenvalue weighted by atomic mass is 10.2. The van der Waals surface area contributed by atoms with Gasteiger partial charge in [0.1, 0.15) is 0 Å². The summed E-state index contributed by atoms with van der Waals surface area (Å²) in [6.07, 6.45) is 0. The van der Waals surface area contributed by atoms with E-state index in [0.717, 1.165) is 11.1 Å². The fourth-order valence-electron chi connectivity index (χ4n) is 1.67. The Morgan fingerprint density at radius 3 is 2.21 bits per heavy atom. The van der Waals surface area contributed by atoms with E-state index < -0.39 is 0 Å². The highest BCUT2D eigenvalue weighted by atomic mass is 16.2. The van der Waals surface area contributed by atoms with Gasteiger partial charge in [-0.3, -0.25) is 4.79 Å². The average molecular weight is 249 g/mol. The first-order valence-corrected chi connectivity index (χ1v) is 6.12. The first kappa shape index (κ1) is 12.9. The van der Waals surface area contributed by atoms with E-state index in [2.05, 4.69) is 11.8 Å². The van der Waals surface area contributed by atoms with Crippen LogP contribution in [0.2, 0.25) is 0 Å². The standard InChI is InChI=1S/C17H15NO/c1-18(14-16-10-6-3-7-11-16)17(19)13-12-15-8-4-2-5-9-15/h2-11H,14H2,1H3. The maximum atomic E-state index is 11.9. The van der Waals surface area contributed by atoms with Gasteiger partial charge in [0.05, 0.1) is 0 Å². The highest BCUT2D eigenvalue weighted by Crippen LogP contribution is 2.02. The number of carbonyl (C=O) groups is 1. The van der Waals surface area contributed by atoms with E-state index in [1.807, 2.05) is 60.7 Å². The van der Waals surface area contributed by atoms with E-state index in [0.29, 0.717) is 6.54 Å². The zero-order valence-corrected chi connectivity index (χ0v) is 10.8. The number of nitrogens with zero attached hydrogens (tertiary/aromatic N) is 1. The molecule has 0 aliphatic rings. The lowest BCUT2D eigenvalue weighted by Gasteiger charge is -2.13. The Balaban J connectivity index is 1.99. The van der Waals surface area contributed by atoms with E-state index in [1.165, 1.54) is 0 Å².